The topological polar surface area (TPSA) is 48.5 Å². The van der Waals surface area contributed by atoms with Crippen molar-refractivity contribution in [2.75, 3.05) is 26.2 Å². The molecular weight excluding hydrogens is 300 g/mol. The highest BCUT2D eigenvalue weighted by atomic mass is 16.2. The molecule has 0 aromatic carbocycles. The van der Waals surface area contributed by atoms with Gasteiger partial charge in [0.2, 0.25) is 0 Å². The smallest absolute Gasteiger partial charge is 0.317 e. The summed E-state index contributed by atoms with van der Waals surface area (Å²) in [4.78, 5) is 21.3. The van der Waals surface area contributed by atoms with E-state index in [1.165, 1.54) is 25.7 Å². The molecule has 5 heteroatoms. The molecule has 3 fully saturated rings. The molecule has 130 valence electrons. The number of carbonyl (C=O) groups excluding carboxylic acids is 1. The molecule has 1 aromatic rings. The third-order valence-corrected chi connectivity index (χ3v) is 6.30. The molecule has 24 heavy (non-hydrogen) atoms. The normalized spacial score (nSPS) is 31.2. The fraction of sp³-hybridized carbons (Fsp3) is 0.684. The highest BCUT2D eigenvalue weighted by Crippen LogP contribution is 2.46. The first-order valence-electron chi connectivity index (χ1n) is 9.40. The van der Waals surface area contributed by atoms with Crippen LogP contribution in [-0.2, 0) is 0 Å². The van der Waals surface area contributed by atoms with Crippen LogP contribution in [0.5, 0.6) is 0 Å². The molecule has 3 aliphatic rings. The monoisotopic (exact) mass is 328 g/mol. The zero-order chi connectivity index (χ0) is 16.5. The van der Waals surface area contributed by atoms with Gasteiger partial charge >= 0.3 is 6.03 Å². The maximum absolute atomic E-state index is 12.5. The van der Waals surface area contributed by atoms with Crippen molar-refractivity contribution in [1.29, 1.82) is 0 Å². The molecule has 0 radical (unpaired) electrons. The standard InChI is InChI=1S/C19H28N4O/c1-14(17-3-2-6-20-13-17)21-19(24)23-9-7-22(8-10-23)18-12-15-4-5-16(18)11-15/h2-3,6,13-16,18H,4-5,7-12H2,1H3,(H,21,24)/t14-,15+,16+,18+/m1/s1. The lowest BCUT2D eigenvalue weighted by atomic mass is 9.93. The largest absolute Gasteiger partial charge is 0.331 e. The number of carbonyl (C=O) groups is 1. The van der Waals surface area contributed by atoms with Gasteiger partial charge in [-0.3, -0.25) is 9.88 Å². The predicted molar refractivity (Wildman–Crippen MR) is 93.6 cm³/mol. The van der Waals surface area contributed by atoms with Gasteiger partial charge in [0, 0.05) is 44.6 Å². The number of rotatable bonds is 3. The van der Waals surface area contributed by atoms with Crippen LogP contribution in [0.25, 0.3) is 0 Å². The Labute approximate surface area is 144 Å². The Hall–Kier alpha value is -1.62. The number of piperazine rings is 1. The Bertz CT molecular complexity index is 570. The molecule has 0 spiro atoms. The average molecular weight is 328 g/mol. The molecule has 1 aliphatic heterocycles. The first-order valence-corrected chi connectivity index (χ1v) is 9.40. The van der Waals surface area contributed by atoms with E-state index < -0.39 is 0 Å². The Morgan fingerprint density at radius 1 is 1.25 bits per heavy atom. The molecule has 2 heterocycles. The van der Waals surface area contributed by atoms with Gasteiger partial charge in [-0.25, -0.2) is 4.79 Å². The fourth-order valence-electron chi connectivity index (χ4n) is 4.91. The van der Waals surface area contributed by atoms with Crippen LogP contribution in [0.4, 0.5) is 4.79 Å². The summed E-state index contributed by atoms with van der Waals surface area (Å²) in [5.74, 6) is 1.92. The van der Waals surface area contributed by atoms with Crippen molar-refractivity contribution in [1.82, 2.24) is 20.1 Å². The molecular formula is C19H28N4O. The molecule has 1 aromatic heterocycles. The van der Waals surface area contributed by atoms with E-state index in [0.717, 1.165) is 49.6 Å². The molecule has 1 saturated heterocycles. The van der Waals surface area contributed by atoms with Crippen molar-refractivity contribution in [3.05, 3.63) is 30.1 Å². The molecule has 4 rings (SSSR count). The number of amides is 2. The summed E-state index contributed by atoms with van der Waals surface area (Å²) in [7, 11) is 0. The van der Waals surface area contributed by atoms with Crippen molar-refractivity contribution in [3.8, 4) is 0 Å². The summed E-state index contributed by atoms with van der Waals surface area (Å²) in [5.41, 5.74) is 1.05. The molecule has 5 nitrogen and oxygen atoms in total. The van der Waals surface area contributed by atoms with Gasteiger partial charge in [-0.05, 0) is 49.7 Å². The minimum absolute atomic E-state index is 0.00482. The van der Waals surface area contributed by atoms with Crippen LogP contribution in [0.2, 0.25) is 0 Å². The van der Waals surface area contributed by atoms with E-state index in [-0.39, 0.29) is 12.1 Å². The third-order valence-electron chi connectivity index (χ3n) is 6.30. The van der Waals surface area contributed by atoms with E-state index >= 15 is 0 Å². The predicted octanol–water partition coefficient (Wildman–Crippen LogP) is 2.66. The van der Waals surface area contributed by atoms with E-state index in [4.69, 9.17) is 0 Å². The lowest BCUT2D eigenvalue weighted by Crippen LogP contribution is -2.55. The quantitative estimate of drug-likeness (QED) is 0.928. The van der Waals surface area contributed by atoms with Crippen LogP contribution in [0.15, 0.2) is 24.5 Å². The SMILES string of the molecule is C[C@@H](NC(=O)N1CCN([C@H]2C[C@H]3CC[C@H]2C3)CC1)c1cccnc1. The van der Waals surface area contributed by atoms with E-state index in [1.807, 2.05) is 30.2 Å². The molecule has 2 amide bonds. The lowest BCUT2D eigenvalue weighted by molar-refractivity contribution is 0.0821. The number of urea groups is 1. The third kappa shape index (κ3) is 3.14. The van der Waals surface area contributed by atoms with Crippen molar-refractivity contribution in [3.63, 3.8) is 0 Å². The number of pyridine rings is 1. The zero-order valence-electron chi connectivity index (χ0n) is 14.5. The summed E-state index contributed by atoms with van der Waals surface area (Å²) < 4.78 is 0. The van der Waals surface area contributed by atoms with Gasteiger partial charge in [-0.2, -0.15) is 0 Å². The number of hydrogen-bond acceptors (Lipinski definition) is 3. The van der Waals surface area contributed by atoms with Crippen molar-refractivity contribution < 1.29 is 4.79 Å². The highest BCUT2D eigenvalue weighted by molar-refractivity contribution is 5.74. The minimum Gasteiger partial charge on any atom is -0.331 e. The fourth-order valence-corrected chi connectivity index (χ4v) is 4.91. The van der Waals surface area contributed by atoms with E-state index in [1.54, 1.807) is 6.20 Å². The van der Waals surface area contributed by atoms with Crippen LogP contribution in [0, 0.1) is 11.8 Å². The molecule has 2 aliphatic carbocycles. The second kappa shape index (κ2) is 6.71. The molecule has 4 atom stereocenters. The molecule has 2 bridgehead atoms. The number of fused-ring (bicyclic) bond motifs is 2. The van der Waals surface area contributed by atoms with Gasteiger partial charge in [0.25, 0.3) is 0 Å². The van der Waals surface area contributed by atoms with Gasteiger partial charge in [0.1, 0.15) is 0 Å². The summed E-state index contributed by atoms with van der Waals surface area (Å²) in [5, 5.41) is 3.11. The maximum atomic E-state index is 12.5. The van der Waals surface area contributed by atoms with Crippen molar-refractivity contribution in [2.45, 2.75) is 44.7 Å². The van der Waals surface area contributed by atoms with Crippen molar-refractivity contribution in [2.24, 2.45) is 11.8 Å². The second-order valence-electron chi connectivity index (χ2n) is 7.72. The lowest BCUT2D eigenvalue weighted by Gasteiger charge is -2.41. The first kappa shape index (κ1) is 15.9. The van der Waals surface area contributed by atoms with E-state index in [2.05, 4.69) is 15.2 Å². The summed E-state index contributed by atoms with van der Waals surface area (Å²) in [6, 6.07) is 4.76. The van der Waals surface area contributed by atoms with Gasteiger partial charge in [0.15, 0.2) is 0 Å². The van der Waals surface area contributed by atoms with Crippen LogP contribution >= 0.6 is 0 Å². The highest BCUT2D eigenvalue weighted by Gasteiger charge is 2.42. The summed E-state index contributed by atoms with van der Waals surface area (Å²) in [6.45, 7) is 5.77. The van der Waals surface area contributed by atoms with Crippen LogP contribution in [-0.4, -0.2) is 53.0 Å². The average Bonchev–Trinajstić information content (AvgIpc) is 3.26. The van der Waals surface area contributed by atoms with Gasteiger partial charge < -0.3 is 10.2 Å². The molecule has 1 N–H and O–H groups in total. The van der Waals surface area contributed by atoms with Gasteiger partial charge in [-0.1, -0.05) is 12.5 Å². The Morgan fingerprint density at radius 2 is 2.08 bits per heavy atom. The van der Waals surface area contributed by atoms with Crippen LogP contribution in [0.1, 0.15) is 44.2 Å². The van der Waals surface area contributed by atoms with E-state index in [0.29, 0.717) is 0 Å². The Morgan fingerprint density at radius 3 is 2.71 bits per heavy atom. The minimum atomic E-state index is -0.00482. The number of nitrogens with zero attached hydrogens (tertiary/aromatic N) is 3. The number of hydrogen-bond donors (Lipinski definition) is 1. The van der Waals surface area contributed by atoms with Crippen molar-refractivity contribution >= 4 is 6.03 Å². The van der Waals surface area contributed by atoms with Crippen LogP contribution in [0.3, 0.4) is 0 Å². The summed E-state index contributed by atoms with van der Waals surface area (Å²) >= 11 is 0. The number of aromatic nitrogens is 1. The maximum Gasteiger partial charge on any atom is 0.317 e. The summed E-state index contributed by atoms with van der Waals surface area (Å²) in [6.07, 6.45) is 9.31. The Kier molecular flexibility index (Phi) is 4.44. The zero-order valence-corrected chi connectivity index (χ0v) is 14.5. The molecule has 2 saturated carbocycles. The van der Waals surface area contributed by atoms with Gasteiger partial charge in [-0.15, -0.1) is 0 Å². The molecule has 0 unspecified atom stereocenters. The van der Waals surface area contributed by atoms with E-state index in [9.17, 15) is 4.79 Å². The number of nitrogens with one attached hydrogen (secondary N) is 1. The van der Waals surface area contributed by atoms with Crippen LogP contribution < -0.4 is 5.32 Å². The second-order valence-corrected chi connectivity index (χ2v) is 7.72. The van der Waals surface area contributed by atoms with Gasteiger partial charge in [0.05, 0.1) is 6.04 Å². The Balaban J connectivity index is 1.27. The first-order chi connectivity index (χ1) is 11.7.